The van der Waals surface area contributed by atoms with Gasteiger partial charge in [0.25, 0.3) is 0 Å². The topological polar surface area (TPSA) is 43.8 Å². The van der Waals surface area contributed by atoms with Crippen molar-refractivity contribution in [2.45, 2.75) is 83.1 Å². The van der Waals surface area contributed by atoms with Crippen LogP contribution in [0.5, 0.6) is 5.75 Å². The molecule has 1 saturated carbocycles. The minimum absolute atomic E-state index is 0.0410. The van der Waals surface area contributed by atoms with Gasteiger partial charge in [0.15, 0.2) is 0 Å². The highest BCUT2D eigenvalue weighted by Gasteiger charge is 2.49. The monoisotopic (exact) mass is 490 g/mol. The summed E-state index contributed by atoms with van der Waals surface area (Å²) in [6.07, 6.45) is 9.30. The van der Waals surface area contributed by atoms with E-state index in [9.17, 15) is 9.90 Å². The van der Waals surface area contributed by atoms with Crippen LogP contribution in [0, 0.1) is 11.8 Å². The summed E-state index contributed by atoms with van der Waals surface area (Å²) in [5.41, 5.74) is 2.69. The van der Waals surface area contributed by atoms with Gasteiger partial charge in [-0.05, 0) is 93.6 Å². The summed E-state index contributed by atoms with van der Waals surface area (Å²) < 4.78 is 0. The highest BCUT2D eigenvalue weighted by Crippen LogP contribution is 2.50. The van der Waals surface area contributed by atoms with Crippen LogP contribution >= 0.6 is 0 Å². The van der Waals surface area contributed by atoms with Gasteiger partial charge in [-0.25, -0.2) is 0 Å². The van der Waals surface area contributed by atoms with Crippen molar-refractivity contribution in [3.05, 3.63) is 65.7 Å². The fourth-order valence-corrected chi connectivity index (χ4v) is 6.79. The van der Waals surface area contributed by atoms with E-state index in [1.54, 1.807) is 6.07 Å². The van der Waals surface area contributed by atoms with Gasteiger partial charge < -0.3 is 14.9 Å². The Kier molecular flexibility index (Phi) is 9.11. The molecule has 4 rings (SSSR count). The molecule has 2 aliphatic rings. The lowest BCUT2D eigenvalue weighted by molar-refractivity contribution is -0.136. The maximum absolute atomic E-state index is 13.6. The van der Waals surface area contributed by atoms with Crippen molar-refractivity contribution in [2.24, 2.45) is 11.8 Å². The summed E-state index contributed by atoms with van der Waals surface area (Å²) in [5, 5.41) is 10.3. The number of hydrogen-bond acceptors (Lipinski definition) is 3. The number of carbonyl (C=O) groups excluding carboxylic acids is 1. The van der Waals surface area contributed by atoms with Crippen molar-refractivity contribution >= 4 is 5.91 Å². The molecule has 1 heterocycles. The first-order valence-electron chi connectivity index (χ1n) is 14.2. The second-order valence-electron chi connectivity index (χ2n) is 11.8. The van der Waals surface area contributed by atoms with Gasteiger partial charge >= 0.3 is 0 Å². The van der Waals surface area contributed by atoms with E-state index < -0.39 is 0 Å². The number of fused-ring (bicyclic) bond motifs is 1. The van der Waals surface area contributed by atoms with Gasteiger partial charge in [-0.3, -0.25) is 4.79 Å². The summed E-state index contributed by atoms with van der Waals surface area (Å²) in [6, 6.07) is 18.9. The molecule has 3 atom stereocenters. The first kappa shape index (κ1) is 26.7. The number of likely N-dealkylation sites (tertiary alicyclic amines) is 1. The number of aryl methyl sites for hydroxylation is 1. The van der Waals surface area contributed by atoms with Crippen LogP contribution in [0.15, 0.2) is 54.6 Å². The summed E-state index contributed by atoms with van der Waals surface area (Å²) in [7, 11) is 2.23. The van der Waals surface area contributed by atoms with Gasteiger partial charge in [-0.15, -0.1) is 0 Å². The Morgan fingerprint density at radius 1 is 1.08 bits per heavy atom. The molecule has 0 spiro atoms. The van der Waals surface area contributed by atoms with Crippen LogP contribution in [0.3, 0.4) is 0 Å². The average Bonchev–Trinajstić information content (AvgIpc) is 2.87. The number of nitrogens with zero attached hydrogens (tertiary/aromatic N) is 2. The standard InChI is InChI=1S/C32H46N2O2/c1-25(2)23-34(31(36)16-9-5-8-13-26-11-6-4-7-12-26)29-18-17-28-24-33(3)20-19-32(28,22-29)27-14-10-15-30(35)21-27/h4,6-7,10-12,14-15,21,25,28-29,35H,5,8-9,13,16-20,22-24H2,1-3H3/t28-,29+,32+/m1/s1. The SMILES string of the molecule is CC(C)CN(C(=O)CCCCCc1ccccc1)[C@H]1CC[C@@H]2CN(C)CC[C@@]2(c2cccc(O)c2)C1. The van der Waals surface area contributed by atoms with Crippen molar-refractivity contribution in [3.63, 3.8) is 0 Å². The number of rotatable bonds is 10. The lowest BCUT2D eigenvalue weighted by Crippen LogP contribution is -2.56. The molecule has 1 saturated heterocycles. The molecule has 4 nitrogen and oxygen atoms in total. The Balaban J connectivity index is 1.43. The summed E-state index contributed by atoms with van der Waals surface area (Å²) in [4.78, 5) is 18.3. The number of benzene rings is 2. The van der Waals surface area contributed by atoms with Gasteiger partial charge in [-0.2, -0.15) is 0 Å². The number of carbonyl (C=O) groups is 1. The maximum atomic E-state index is 13.6. The molecule has 2 fully saturated rings. The molecule has 1 aliphatic carbocycles. The third-order valence-electron chi connectivity index (χ3n) is 8.64. The third-order valence-corrected chi connectivity index (χ3v) is 8.64. The zero-order valence-electron chi connectivity index (χ0n) is 22.7. The third kappa shape index (κ3) is 6.51. The summed E-state index contributed by atoms with van der Waals surface area (Å²) >= 11 is 0. The first-order chi connectivity index (χ1) is 17.4. The molecule has 0 aromatic heterocycles. The highest BCUT2D eigenvalue weighted by atomic mass is 16.3. The minimum atomic E-state index is 0.0410. The molecule has 1 amide bonds. The van der Waals surface area contributed by atoms with Crippen molar-refractivity contribution in [2.75, 3.05) is 26.7 Å². The van der Waals surface area contributed by atoms with Crippen LogP contribution in [-0.2, 0) is 16.6 Å². The largest absolute Gasteiger partial charge is 0.508 e. The molecule has 196 valence electrons. The molecule has 36 heavy (non-hydrogen) atoms. The maximum Gasteiger partial charge on any atom is 0.222 e. The van der Waals surface area contributed by atoms with E-state index in [1.165, 1.54) is 11.1 Å². The Bertz CT molecular complexity index is 975. The summed E-state index contributed by atoms with van der Waals surface area (Å²) in [6.45, 7) is 7.47. The lowest BCUT2D eigenvalue weighted by atomic mass is 9.57. The zero-order valence-corrected chi connectivity index (χ0v) is 22.7. The number of aromatic hydroxyl groups is 1. The van der Waals surface area contributed by atoms with Crippen molar-refractivity contribution in [3.8, 4) is 5.75 Å². The molecular formula is C32H46N2O2. The van der Waals surface area contributed by atoms with E-state index in [0.29, 0.717) is 29.9 Å². The normalized spacial score (nSPS) is 24.4. The predicted molar refractivity (Wildman–Crippen MR) is 148 cm³/mol. The number of piperidine rings is 1. The quantitative estimate of drug-likeness (QED) is 0.391. The molecular weight excluding hydrogens is 444 g/mol. The van der Waals surface area contributed by atoms with Crippen molar-refractivity contribution < 1.29 is 9.90 Å². The van der Waals surface area contributed by atoms with Crippen molar-refractivity contribution in [1.29, 1.82) is 0 Å². The smallest absolute Gasteiger partial charge is 0.222 e. The molecule has 4 heteroatoms. The van der Waals surface area contributed by atoms with Crippen molar-refractivity contribution in [1.82, 2.24) is 9.80 Å². The average molecular weight is 491 g/mol. The van der Waals surface area contributed by atoms with Gasteiger partial charge in [0.2, 0.25) is 5.91 Å². The Morgan fingerprint density at radius 3 is 2.64 bits per heavy atom. The van der Waals surface area contributed by atoms with Crippen LogP contribution < -0.4 is 0 Å². The fourth-order valence-electron chi connectivity index (χ4n) is 6.79. The Labute approximate surface area is 218 Å². The van der Waals surface area contributed by atoms with Crippen LogP contribution in [0.4, 0.5) is 0 Å². The molecule has 0 bridgehead atoms. The van der Waals surface area contributed by atoms with E-state index >= 15 is 0 Å². The number of phenols is 1. The number of amides is 1. The molecule has 1 N–H and O–H groups in total. The first-order valence-corrected chi connectivity index (χ1v) is 14.2. The second kappa shape index (κ2) is 12.3. The Hall–Kier alpha value is -2.33. The molecule has 1 aliphatic heterocycles. The van der Waals surface area contributed by atoms with Crippen LogP contribution in [0.25, 0.3) is 0 Å². The summed E-state index contributed by atoms with van der Waals surface area (Å²) in [5.74, 6) is 1.72. The predicted octanol–water partition coefficient (Wildman–Crippen LogP) is 6.42. The lowest BCUT2D eigenvalue weighted by Gasteiger charge is -2.54. The van der Waals surface area contributed by atoms with Crippen LogP contribution in [0.1, 0.15) is 76.3 Å². The van der Waals surface area contributed by atoms with E-state index in [2.05, 4.69) is 67.1 Å². The number of phenolic OH excluding ortho intramolecular Hbond substituents is 1. The molecule has 2 aromatic carbocycles. The van der Waals surface area contributed by atoms with Gasteiger partial charge in [0, 0.05) is 31.0 Å². The molecule has 0 unspecified atom stereocenters. The second-order valence-corrected chi connectivity index (χ2v) is 11.8. The van der Waals surface area contributed by atoms with Crippen LogP contribution in [-0.4, -0.2) is 53.5 Å². The zero-order chi connectivity index (χ0) is 25.5. The fraction of sp³-hybridized carbons (Fsp3) is 0.594. The van der Waals surface area contributed by atoms with E-state index in [1.807, 2.05) is 12.1 Å². The van der Waals surface area contributed by atoms with E-state index in [4.69, 9.17) is 0 Å². The minimum Gasteiger partial charge on any atom is -0.508 e. The van der Waals surface area contributed by atoms with Crippen LogP contribution in [0.2, 0.25) is 0 Å². The Morgan fingerprint density at radius 2 is 1.89 bits per heavy atom. The van der Waals surface area contributed by atoms with E-state index in [0.717, 1.165) is 71.0 Å². The molecule has 2 aromatic rings. The highest BCUT2D eigenvalue weighted by molar-refractivity contribution is 5.76. The number of unbranched alkanes of at least 4 members (excludes halogenated alkanes) is 2. The number of hydrogen-bond donors (Lipinski definition) is 1. The van der Waals surface area contributed by atoms with Gasteiger partial charge in [0.05, 0.1) is 0 Å². The van der Waals surface area contributed by atoms with Gasteiger partial charge in [0.1, 0.15) is 5.75 Å². The van der Waals surface area contributed by atoms with Gasteiger partial charge in [-0.1, -0.05) is 62.7 Å². The van der Waals surface area contributed by atoms with E-state index in [-0.39, 0.29) is 11.5 Å². The molecule has 0 radical (unpaired) electrons.